The van der Waals surface area contributed by atoms with E-state index in [1.807, 2.05) is 12.3 Å². The molecule has 0 bridgehead atoms. The minimum atomic E-state index is -0.359. The Morgan fingerprint density at radius 2 is 1.75 bits per heavy atom. The number of aryl methyl sites for hydroxylation is 2. The molecule has 3 aromatic rings. The van der Waals surface area contributed by atoms with Crippen LogP contribution in [0.25, 0.3) is 11.1 Å². The number of carbonyl (C=O) groups is 1. The Bertz CT molecular complexity index is 1070. The molecule has 0 unspecified atom stereocenters. The number of nitrogens with zero attached hydrogens (tertiary/aromatic N) is 2. The van der Waals surface area contributed by atoms with Gasteiger partial charge in [0, 0.05) is 26.0 Å². The predicted octanol–water partition coefficient (Wildman–Crippen LogP) is 4.94. The Kier molecular flexibility index (Phi) is 6.71. The van der Waals surface area contributed by atoms with E-state index >= 15 is 0 Å². The maximum absolute atomic E-state index is 13.1. The van der Waals surface area contributed by atoms with Crippen molar-refractivity contribution in [3.8, 4) is 11.1 Å². The molecular formula is C28H33N3O. The second kappa shape index (κ2) is 9.66. The molecule has 0 atom stereocenters. The number of likely N-dealkylation sites (tertiary alicyclic amines) is 1. The monoisotopic (exact) mass is 427 g/mol. The number of aromatic nitrogens is 1. The van der Waals surface area contributed by atoms with Crippen LogP contribution in [0.3, 0.4) is 0 Å². The number of hydrogen-bond acceptors (Lipinski definition) is 3. The maximum Gasteiger partial charge on any atom is 0.226 e. The van der Waals surface area contributed by atoms with Crippen LogP contribution in [0, 0.1) is 19.3 Å². The molecule has 0 saturated carbocycles. The van der Waals surface area contributed by atoms with Crippen LogP contribution < -0.4 is 5.32 Å². The number of amides is 1. The van der Waals surface area contributed by atoms with Crippen LogP contribution in [0.15, 0.2) is 67.0 Å². The summed E-state index contributed by atoms with van der Waals surface area (Å²) in [4.78, 5) is 19.8. The van der Waals surface area contributed by atoms with Crippen molar-refractivity contribution in [1.29, 1.82) is 0 Å². The van der Waals surface area contributed by atoms with E-state index < -0.39 is 0 Å². The molecule has 0 radical (unpaired) electrons. The predicted molar refractivity (Wildman–Crippen MR) is 130 cm³/mol. The zero-order chi connectivity index (χ0) is 22.6. The third-order valence-corrected chi connectivity index (χ3v) is 6.96. The molecule has 2 aromatic carbocycles. The van der Waals surface area contributed by atoms with Crippen LogP contribution >= 0.6 is 0 Å². The van der Waals surface area contributed by atoms with Crippen LogP contribution in [0.5, 0.6) is 0 Å². The van der Waals surface area contributed by atoms with E-state index in [1.54, 1.807) is 13.2 Å². The highest BCUT2D eigenvalue weighted by Gasteiger charge is 2.40. The fourth-order valence-electron chi connectivity index (χ4n) is 4.83. The lowest BCUT2D eigenvalue weighted by Gasteiger charge is -2.40. The largest absolute Gasteiger partial charge is 0.359 e. The van der Waals surface area contributed by atoms with Crippen molar-refractivity contribution in [2.75, 3.05) is 20.1 Å². The van der Waals surface area contributed by atoms with E-state index in [2.05, 4.69) is 77.6 Å². The second-order valence-corrected chi connectivity index (χ2v) is 9.17. The third-order valence-electron chi connectivity index (χ3n) is 6.96. The summed E-state index contributed by atoms with van der Waals surface area (Å²) < 4.78 is 0. The fourth-order valence-corrected chi connectivity index (χ4v) is 4.83. The number of rotatable bonds is 6. The van der Waals surface area contributed by atoms with E-state index in [4.69, 9.17) is 0 Å². The van der Waals surface area contributed by atoms with Gasteiger partial charge in [0.2, 0.25) is 5.91 Å². The number of nitrogens with one attached hydrogen (secondary N) is 1. The lowest BCUT2D eigenvalue weighted by Crippen LogP contribution is -2.49. The number of benzene rings is 2. The van der Waals surface area contributed by atoms with Gasteiger partial charge in [-0.05, 0) is 85.6 Å². The van der Waals surface area contributed by atoms with Crippen LogP contribution in [0.1, 0.15) is 35.1 Å². The second-order valence-electron chi connectivity index (χ2n) is 9.17. The zero-order valence-corrected chi connectivity index (χ0v) is 19.4. The average Bonchev–Trinajstić information content (AvgIpc) is 2.83. The fraction of sp³-hybridized carbons (Fsp3) is 0.357. The molecule has 4 nitrogen and oxygen atoms in total. The number of carbonyl (C=O) groups excluding carboxylic acids is 1. The van der Waals surface area contributed by atoms with Crippen molar-refractivity contribution in [2.45, 2.75) is 39.7 Å². The maximum atomic E-state index is 13.1. The van der Waals surface area contributed by atoms with Gasteiger partial charge in [-0.2, -0.15) is 0 Å². The first-order valence-corrected chi connectivity index (χ1v) is 11.5. The number of piperidine rings is 1. The Labute approximate surface area is 191 Å². The van der Waals surface area contributed by atoms with Crippen molar-refractivity contribution < 1.29 is 4.79 Å². The van der Waals surface area contributed by atoms with Crippen molar-refractivity contribution in [1.82, 2.24) is 15.2 Å². The van der Waals surface area contributed by atoms with Gasteiger partial charge in [0.25, 0.3) is 0 Å². The number of hydrogen-bond donors (Lipinski definition) is 1. The van der Waals surface area contributed by atoms with Crippen molar-refractivity contribution >= 4 is 5.91 Å². The molecule has 1 aromatic heterocycles. The average molecular weight is 428 g/mol. The molecule has 4 heteroatoms. The van der Waals surface area contributed by atoms with Crippen LogP contribution in [-0.4, -0.2) is 35.9 Å². The first-order chi connectivity index (χ1) is 15.5. The standard InChI is InChI=1S/C28H33N3O/c1-21-9-10-24(16-22(21)2)20-31-14-11-28(12-15-31,27(32)29-3)18-23-6-4-7-25(17-23)26-8-5-13-30-19-26/h4-10,13,16-17,19H,11-12,14-15,18,20H2,1-3H3,(H,29,32). The Balaban J connectivity index is 1.48. The van der Waals surface area contributed by atoms with Gasteiger partial charge in [0.05, 0.1) is 5.41 Å². The minimum absolute atomic E-state index is 0.162. The molecule has 32 heavy (non-hydrogen) atoms. The summed E-state index contributed by atoms with van der Waals surface area (Å²) in [7, 11) is 1.76. The van der Waals surface area contributed by atoms with Crippen molar-refractivity contribution in [3.63, 3.8) is 0 Å². The highest BCUT2D eigenvalue weighted by molar-refractivity contribution is 5.83. The van der Waals surface area contributed by atoms with E-state index in [0.717, 1.165) is 50.0 Å². The van der Waals surface area contributed by atoms with Gasteiger partial charge in [-0.1, -0.05) is 48.5 Å². The van der Waals surface area contributed by atoms with E-state index in [0.29, 0.717) is 0 Å². The molecule has 1 N–H and O–H groups in total. The van der Waals surface area contributed by atoms with Gasteiger partial charge in [0.15, 0.2) is 0 Å². The van der Waals surface area contributed by atoms with Gasteiger partial charge >= 0.3 is 0 Å². The normalized spacial score (nSPS) is 16.0. The molecule has 1 aliphatic rings. The topological polar surface area (TPSA) is 45.2 Å². The summed E-state index contributed by atoms with van der Waals surface area (Å²) in [5.41, 5.74) is 7.12. The molecular weight excluding hydrogens is 394 g/mol. The van der Waals surface area contributed by atoms with Gasteiger partial charge in [-0.15, -0.1) is 0 Å². The smallest absolute Gasteiger partial charge is 0.226 e. The minimum Gasteiger partial charge on any atom is -0.359 e. The van der Waals surface area contributed by atoms with E-state index in [1.165, 1.54) is 22.3 Å². The summed E-state index contributed by atoms with van der Waals surface area (Å²) in [6.45, 7) is 7.14. The molecule has 166 valence electrons. The Morgan fingerprint density at radius 1 is 0.969 bits per heavy atom. The lowest BCUT2D eigenvalue weighted by atomic mass is 9.72. The first-order valence-electron chi connectivity index (χ1n) is 11.5. The van der Waals surface area contributed by atoms with Gasteiger partial charge in [-0.3, -0.25) is 14.7 Å². The van der Waals surface area contributed by atoms with Gasteiger partial charge in [-0.25, -0.2) is 0 Å². The summed E-state index contributed by atoms with van der Waals surface area (Å²) in [6, 6.07) is 19.3. The highest BCUT2D eigenvalue weighted by atomic mass is 16.2. The molecule has 1 fully saturated rings. The van der Waals surface area contributed by atoms with Gasteiger partial charge in [0.1, 0.15) is 0 Å². The Morgan fingerprint density at radius 3 is 2.44 bits per heavy atom. The summed E-state index contributed by atoms with van der Waals surface area (Å²) in [6.07, 6.45) is 6.18. The Hall–Kier alpha value is -2.98. The summed E-state index contributed by atoms with van der Waals surface area (Å²) in [5.74, 6) is 0.162. The molecule has 1 amide bonds. The van der Waals surface area contributed by atoms with Crippen molar-refractivity contribution in [3.05, 3.63) is 89.2 Å². The van der Waals surface area contributed by atoms with Crippen LogP contribution in [-0.2, 0) is 17.8 Å². The zero-order valence-electron chi connectivity index (χ0n) is 19.4. The molecule has 1 aliphatic heterocycles. The third kappa shape index (κ3) is 4.91. The van der Waals surface area contributed by atoms with Crippen molar-refractivity contribution in [2.24, 2.45) is 5.41 Å². The molecule has 1 saturated heterocycles. The van der Waals surface area contributed by atoms with Crippen LogP contribution in [0.4, 0.5) is 0 Å². The van der Waals surface area contributed by atoms with Crippen LogP contribution in [0.2, 0.25) is 0 Å². The SMILES string of the molecule is CNC(=O)C1(Cc2cccc(-c3cccnc3)c2)CCN(Cc2ccc(C)c(C)c2)CC1. The lowest BCUT2D eigenvalue weighted by molar-refractivity contribution is -0.133. The van der Waals surface area contributed by atoms with E-state index in [9.17, 15) is 4.79 Å². The quantitative estimate of drug-likeness (QED) is 0.606. The highest BCUT2D eigenvalue weighted by Crippen LogP contribution is 2.37. The number of pyridine rings is 1. The molecule has 0 spiro atoms. The molecule has 2 heterocycles. The molecule has 0 aliphatic carbocycles. The first kappa shape index (κ1) is 22.2. The summed E-state index contributed by atoms with van der Waals surface area (Å²) >= 11 is 0. The molecule has 4 rings (SSSR count). The van der Waals surface area contributed by atoms with Gasteiger partial charge < -0.3 is 5.32 Å². The van der Waals surface area contributed by atoms with E-state index in [-0.39, 0.29) is 11.3 Å². The summed E-state index contributed by atoms with van der Waals surface area (Å²) in [5, 5.41) is 2.95.